The molecule has 8 heteroatoms. The van der Waals surface area contributed by atoms with Crippen LogP contribution < -0.4 is 11.1 Å². The first-order chi connectivity index (χ1) is 12.7. The lowest BCUT2D eigenvalue weighted by atomic mass is 9.90. The Morgan fingerprint density at radius 3 is 2.71 bits per heavy atom. The highest BCUT2D eigenvalue weighted by Crippen LogP contribution is 2.34. The smallest absolute Gasteiger partial charge is 0.324 e. The topological polar surface area (TPSA) is 101 Å². The number of amides is 3. The second-order valence-electron chi connectivity index (χ2n) is 7.80. The van der Waals surface area contributed by atoms with Gasteiger partial charge in [-0.3, -0.25) is 15.1 Å². The van der Waals surface area contributed by atoms with Crippen molar-refractivity contribution >= 4 is 28.4 Å². The lowest BCUT2D eigenvalue weighted by Gasteiger charge is -2.21. The maximum absolute atomic E-state index is 12.5. The number of hydrogen-bond acceptors (Lipinski definition) is 5. The Morgan fingerprint density at radius 2 is 2.07 bits per heavy atom. The molecule has 152 valence electrons. The van der Waals surface area contributed by atoms with Gasteiger partial charge in [0.2, 0.25) is 5.91 Å². The molecule has 1 atom stereocenters. The Balaban J connectivity index is 0.00000280. The van der Waals surface area contributed by atoms with Gasteiger partial charge in [-0.05, 0) is 37.5 Å². The van der Waals surface area contributed by atoms with Gasteiger partial charge >= 0.3 is 6.03 Å². The van der Waals surface area contributed by atoms with Crippen LogP contribution in [-0.2, 0) is 10.2 Å². The van der Waals surface area contributed by atoms with Gasteiger partial charge in [0.15, 0.2) is 5.13 Å². The first-order valence-corrected chi connectivity index (χ1v) is 9.80. The Kier molecular flexibility index (Phi) is 6.44. The number of nitrogens with one attached hydrogen (secondary N) is 1. The van der Waals surface area contributed by atoms with Gasteiger partial charge in [0.25, 0.3) is 0 Å². The highest BCUT2D eigenvalue weighted by atomic mass is 32.1. The van der Waals surface area contributed by atoms with Crippen LogP contribution in [0.4, 0.5) is 9.93 Å². The summed E-state index contributed by atoms with van der Waals surface area (Å²) in [6, 6.07) is 3.14. The molecule has 0 saturated carbocycles. The molecule has 3 amide bonds. The Labute approximate surface area is 170 Å². The summed E-state index contributed by atoms with van der Waals surface area (Å²) >= 11 is 1.41. The molecule has 0 bridgehead atoms. The monoisotopic (exact) mass is 403 g/mol. The van der Waals surface area contributed by atoms with Crippen molar-refractivity contribution in [2.45, 2.75) is 59.4 Å². The van der Waals surface area contributed by atoms with E-state index in [1.165, 1.54) is 16.2 Å². The standard InChI is InChI=1S/C19H25N5O2S.CH4/c1-11-15(12-7-8-21-14(10-12)19(2,3)4)27-17(22-11)23-18(26)24-9-5-6-13(24)16(20)25;/h7-8,10,13H,5-6,9H2,1-4H3,(H2,20,25)(H,22,23,26);1H4/t13-;/m0./s1. The highest BCUT2D eigenvalue weighted by Gasteiger charge is 2.33. The van der Waals surface area contributed by atoms with Crippen molar-refractivity contribution in [1.82, 2.24) is 14.9 Å². The summed E-state index contributed by atoms with van der Waals surface area (Å²) < 4.78 is 0. The van der Waals surface area contributed by atoms with E-state index >= 15 is 0 Å². The van der Waals surface area contributed by atoms with Crippen LogP contribution >= 0.6 is 11.3 Å². The lowest BCUT2D eigenvalue weighted by molar-refractivity contribution is -0.121. The van der Waals surface area contributed by atoms with E-state index in [4.69, 9.17) is 5.73 Å². The third-order valence-corrected chi connectivity index (χ3v) is 5.77. The van der Waals surface area contributed by atoms with Crippen LogP contribution in [0.2, 0.25) is 0 Å². The summed E-state index contributed by atoms with van der Waals surface area (Å²) in [5.74, 6) is -0.467. The molecule has 0 spiro atoms. The summed E-state index contributed by atoms with van der Waals surface area (Å²) in [7, 11) is 0. The number of nitrogens with zero attached hydrogens (tertiary/aromatic N) is 3. The van der Waals surface area contributed by atoms with Crippen molar-refractivity contribution in [1.29, 1.82) is 0 Å². The van der Waals surface area contributed by atoms with Crippen LogP contribution in [0.25, 0.3) is 10.4 Å². The molecule has 0 radical (unpaired) electrons. The number of hydrogen-bond donors (Lipinski definition) is 2. The van der Waals surface area contributed by atoms with E-state index in [-0.39, 0.29) is 18.9 Å². The third kappa shape index (κ3) is 4.49. The van der Waals surface area contributed by atoms with E-state index in [1.807, 2.05) is 13.0 Å². The maximum Gasteiger partial charge on any atom is 0.324 e. The average molecular weight is 404 g/mol. The molecule has 1 saturated heterocycles. The van der Waals surface area contributed by atoms with Gasteiger partial charge < -0.3 is 10.6 Å². The molecule has 0 aromatic carbocycles. The van der Waals surface area contributed by atoms with Crippen LogP contribution in [0.5, 0.6) is 0 Å². The number of aromatic nitrogens is 2. The molecule has 2 aromatic heterocycles. The second-order valence-corrected chi connectivity index (χ2v) is 8.80. The molecule has 3 heterocycles. The van der Waals surface area contributed by atoms with E-state index in [1.54, 1.807) is 6.20 Å². The van der Waals surface area contributed by atoms with Gasteiger partial charge in [-0.1, -0.05) is 39.5 Å². The molecule has 1 fully saturated rings. The van der Waals surface area contributed by atoms with Gasteiger partial charge in [0.05, 0.1) is 10.6 Å². The predicted molar refractivity (Wildman–Crippen MR) is 113 cm³/mol. The molecule has 28 heavy (non-hydrogen) atoms. The number of aryl methyl sites for hydroxylation is 1. The minimum Gasteiger partial charge on any atom is -0.368 e. The van der Waals surface area contributed by atoms with E-state index in [2.05, 4.69) is 42.1 Å². The number of likely N-dealkylation sites (tertiary alicyclic amines) is 1. The molecule has 3 N–H and O–H groups in total. The van der Waals surface area contributed by atoms with Crippen LogP contribution in [-0.4, -0.2) is 39.4 Å². The molecule has 1 aliphatic heterocycles. The SMILES string of the molecule is C.Cc1nc(NC(=O)N2CCC[C@H]2C(N)=O)sc1-c1ccnc(C(C)(C)C)c1. The van der Waals surface area contributed by atoms with Crippen LogP contribution in [0, 0.1) is 6.92 Å². The van der Waals surface area contributed by atoms with Gasteiger partial charge in [-0.2, -0.15) is 0 Å². The lowest BCUT2D eigenvalue weighted by Crippen LogP contribution is -2.45. The van der Waals surface area contributed by atoms with Crippen LogP contribution in [0.3, 0.4) is 0 Å². The molecule has 7 nitrogen and oxygen atoms in total. The average Bonchev–Trinajstić information content (AvgIpc) is 3.21. The fourth-order valence-corrected chi connectivity index (χ4v) is 4.12. The van der Waals surface area contributed by atoms with Gasteiger partial charge in [-0.15, -0.1) is 0 Å². The first-order valence-electron chi connectivity index (χ1n) is 8.98. The zero-order chi connectivity index (χ0) is 19.8. The number of pyridine rings is 1. The van der Waals surface area contributed by atoms with Gasteiger partial charge in [0.1, 0.15) is 6.04 Å². The van der Waals surface area contributed by atoms with E-state index < -0.39 is 11.9 Å². The maximum atomic E-state index is 12.5. The largest absolute Gasteiger partial charge is 0.368 e. The Morgan fingerprint density at radius 1 is 1.36 bits per heavy atom. The van der Waals surface area contributed by atoms with Crippen molar-refractivity contribution in [3.8, 4) is 10.4 Å². The van der Waals surface area contributed by atoms with Crippen LogP contribution in [0.15, 0.2) is 18.3 Å². The van der Waals surface area contributed by atoms with Crippen molar-refractivity contribution < 1.29 is 9.59 Å². The highest BCUT2D eigenvalue weighted by molar-refractivity contribution is 7.19. The normalized spacial score (nSPS) is 16.6. The molecule has 0 aliphatic carbocycles. The third-order valence-electron chi connectivity index (χ3n) is 4.64. The zero-order valence-electron chi connectivity index (χ0n) is 16.1. The number of urea groups is 1. The molecule has 2 aromatic rings. The number of primary amides is 1. The summed E-state index contributed by atoms with van der Waals surface area (Å²) in [5, 5.41) is 3.33. The molecule has 0 unspecified atom stereocenters. The van der Waals surface area contributed by atoms with Crippen molar-refractivity contribution in [2.75, 3.05) is 11.9 Å². The number of rotatable bonds is 3. The van der Waals surface area contributed by atoms with Gasteiger partial charge in [0, 0.05) is 23.9 Å². The minimum absolute atomic E-state index is 0. The molecular weight excluding hydrogens is 374 g/mol. The number of carbonyl (C=O) groups is 2. The van der Waals surface area contributed by atoms with Crippen LogP contribution in [0.1, 0.15) is 52.4 Å². The summed E-state index contributed by atoms with van der Waals surface area (Å²) in [4.78, 5) is 35.5. The Hall–Kier alpha value is -2.48. The van der Waals surface area contributed by atoms with Crippen molar-refractivity contribution in [3.63, 3.8) is 0 Å². The Bertz CT molecular complexity index is 872. The fourth-order valence-electron chi connectivity index (χ4n) is 3.17. The number of thiazole rings is 1. The quantitative estimate of drug-likeness (QED) is 0.811. The summed E-state index contributed by atoms with van der Waals surface area (Å²) in [5.41, 5.74) is 8.21. The summed E-state index contributed by atoms with van der Waals surface area (Å²) in [6.45, 7) is 8.80. The molecule has 3 rings (SSSR count). The zero-order valence-corrected chi connectivity index (χ0v) is 16.9. The first kappa shape index (κ1) is 21.8. The summed E-state index contributed by atoms with van der Waals surface area (Å²) in [6.07, 6.45) is 3.18. The van der Waals surface area contributed by atoms with E-state index in [9.17, 15) is 9.59 Å². The van der Waals surface area contributed by atoms with Crippen molar-refractivity contribution in [2.24, 2.45) is 5.73 Å². The molecule has 1 aliphatic rings. The van der Waals surface area contributed by atoms with Crippen molar-refractivity contribution in [3.05, 3.63) is 29.7 Å². The van der Waals surface area contributed by atoms with E-state index in [0.717, 1.165) is 28.2 Å². The molecular formula is C20H29N5O2S. The fraction of sp³-hybridized carbons (Fsp3) is 0.500. The number of nitrogens with two attached hydrogens (primary N) is 1. The predicted octanol–water partition coefficient (Wildman–Crippen LogP) is 3.93. The number of carbonyl (C=O) groups excluding carboxylic acids is 2. The van der Waals surface area contributed by atoms with Gasteiger partial charge in [-0.25, -0.2) is 9.78 Å². The second kappa shape index (κ2) is 8.26. The van der Waals surface area contributed by atoms with E-state index in [0.29, 0.717) is 18.1 Å². The number of anilines is 1. The minimum atomic E-state index is -0.542.